The van der Waals surface area contributed by atoms with Crippen molar-refractivity contribution >= 4 is 28.6 Å². The number of aryl methyl sites for hydroxylation is 2. The van der Waals surface area contributed by atoms with Crippen LogP contribution in [0.4, 0.5) is 0 Å². The molecule has 0 radical (unpaired) electrons. The second-order valence-corrected chi connectivity index (χ2v) is 8.52. The fraction of sp³-hybridized carbons (Fsp3) is 0.346. The van der Waals surface area contributed by atoms with Gasteiger partial charge in [0.15, 0.2) is 5.78 Å². The third-order valence-corrected chi connectivity index (χ3v) is 6.37. The van der Waals surface area contributed by atoms with Crippen LogP contribution in [0.15, 0.2) is 48.7 Å². The first kappa shape index (κ1) is 21.8. The topological polar surface area (TPSA) is 68.6 Å². The Balaban J connectivity index is 1.43. The van der Waals surface area contributed by atoms with Crippen LogP contribution < -0.4 is 0 Å². The van der Waals surface area contributed by atoms with Crippen LogP contribution in [0, 0.1) is 19.8 Å². The fourth-order valence-electron chi connectivity index (χ4n) is 4.60. The van der Waals surface area contributed by atoms with E-state index in [0.717, 1.165) is 27.6 Å². The SMILES string of the molecule is COC(=O)c1cn(CC(=O)N2CCC(C(=O)c3ccc(C)cc3C)CC2)c2ccccc12. The summed E-state index contributed by atoms with van der Waals surface area (Å²) in [5.41, 5.74) is 4.21. The number of benzene rings is 2. The quantitative estimate of drug-likeness (QED) is 0.448. The van der Waals surface area contributed by atoms with E-state index in [9.17, 15) is 14.4 Å². The van der Waals surface area contributed by atoms with Crippen molar-refractivity contribution in [2.75, 3.05) is 20.2 Å². The van der Waals surface area contributed by atoms with Gasteiger partial charge in [-0.3, -0.25) is 9.59 Å². The Morgan fingerprint density at radius 2 is 1.72 bits per heavy atom. The zero-order chi connectivity index (χ0) is 22.8. The Morgan fingerprint density at radius 1 is 1.00 bits per heavy atom. The average molecular weight is 433 g/mol. The minimum absolute atomic E-state index is 0.0143. The monoisotopic (exact) mass is 432 g/mol. The third-order valence-electron chi connectivity index (χ3n) is 6.37. The normalized spacial score (nSPS) is 14.5. The molecule has 0 aliphatic carbocycles. The largest absolute Gasteiger partial charge is 0.465 e. The van der Waals surface area contributed by atoms with E-state index in [1.807, 2.05) is 61.2 Å². The zero-order valence-electron chi connectivity index (χ0n) is 18.8. The number of amides is 1. The van der Waals surface area contributed by atoms with Gasteiger partial charge in [-0.25, -0.2) is 4.79 Å². The maximum atomic E-state index is 13.0. The average Bonchev–Trinajstić information content (AvgIpc) is 3.16. The predicted molar refractivity (Wildman–Crippen MR) is 123 cm³/mol. The number of ether oxygens (including phenoxy) is 1. The number of ketones is 1. The molecule has 6 heteroatoms. The highest BCUT2D eigenvalue weighted by Crippen LogP contribution is 2.25. The molecule has 2 heterocycles. The van der Waals surface area contributed by atoms with Crippen molar-refractivity contribution in [3.63, 3.8) is 0 Å². The maximum Gasteiger partial charge on any atom is 0.340 e. The molecular formula is C26H28N2O4. The van der Waals surface area contributed by atoms with Gasteiger partial charge < -0.3 is 14.2 Å². The van der Waals surface area contributed by atoms with E-state index in [0.29, 0.717) is 31.5 Å². The first-order valence-corrected chi connectivity index (χ1v) is 10.9. The number of hydrogen-bond acceptors (Lipinski definition) is 4. The highest BCUT2D eigenvalue weighted by Gasteiger charge is 2.29. The van der Waals surface area contributed by atoms with Crippen LogP contribution in [-0.2, 0) is 16.1 Å². The van der Waals surface area contributed by atoms with Crippen molar-refractivity contribution in [3.05, 3.63) is 70.9 Å². The lowest BCUT2D eigenvalue weighted by Crippen LogP contribution is -2.41. The Hall–Kier alpha value is -3.41. The van der Waals surface area contributed by atoms with Crippen LogP contribution in [0.5, 0.6) is 0 Å². The number of para-hydroxylation sites is 1. The van der Waals surface area contributed by atoms with Crippen molar-refractivity contribution in [1.29, 1.82) is 0 Å². The second kappa shape index (κ2) is 8.99. The van der Waals surface area contributed by atoms with Crippen LogP contribution in [-0.4, -0.2) is 47.3 Å². The van der Waals surface area contributed by atoms with E-state index in [-0.39, 0.29) is 24.2 Å². The second-order valence-electron chi connectivity index (χ2n) is 8.52. The van der Waals surface area contributed by atoms with Crippen molar-refractivity contribution in [3.8, 4) is 0 Å². The van der Waals surface area contributed by atoms with Crippen LogP contribution >= 0.6 is 0 Å². The van der Waals surface area contributed by atoms with E-state index >= 15 is 0 Å². The lowest BCUT2D eigenvalue weighted by atomic mass is 9.87. The molecule has 32 heavy (non-hydrogen) atoms. The van der Waals surface area contributed by atoms with E-state index in [1.165, 1.54) is 7.11 Å². The van der Waals surface area contributed by atoms with Gasteiger partial charge in [-0.15, -0.1) is 0 Å². The molecule has 0 atom stereocenters. The number of aromatic nitrogens is 1. The van der Waals surface area contributed by atoms with Crippen molar-refractivity contribution in [2.24, 2.45) is 5.92 Å². The van der Waals surface area contributed by atoms with Crippen LogP contribution in [0.25, 0.3) is 10.9 Å². The summed E-state index contributed by atoms with van der Waals surface area (Å²) in [5.74, 6) is -0.315. The summed E-state index contributed by atoms with van der Waals surface area (Å²) in [6.45, 7) is 5.26. The highest BCUT2D eigenvalue weighted by atomic mass is 16.5. The van der Waals surface area contributed by atoms with Gasteiger partial charge in [0, 0.05) is 41.7 Å². The van der Waals surface area contributed by atoms with E-state index < -0.39 is 5.97 Å². The molecule has 1 saturated heterocycles. The van der Waals surface area contributed by atoms with E-state index in [4.69, 9.17) is 4.74 Å². The number of fused-ring (bicyclic) bond motifs is 1. The molecule has 1 aliphatic heterocycles. The molecule has 1 aliphatic rings. The standard InChI is InChI=1S/C26H28N2O4/c1-17-8-9-20(18(2)14-17)25(30)19-10-12-27(13-11-19)24(29)16-28-15-22(26(31)32-3)21-6-4-5-7-23(21)28/h4-9,14-15,19H,10-13,16H2,1-3H3. The summed E-state index contributed by atoms with van der Waals surface area (Å²) in [4.78, 5) is 39.9. The molecular weight excluding hydrogens is 404 g/mol. The van der Waals surface area contributed by atoms with Gasteiger partial charge in [-0.05, 0) is 38.3 Å². The number of carbonyl (C=O) groups excluding carboxylic acids is 3. The summed E-state index contributed by atoms with van der Waals surface area (Å²) in [6, 6.07) is 13.4. The molecule has 1 aromatic heterocycles. The molecule has 0 unspecified atom stereocenters. The number of likely N-dealkylation sites (tertiary alicyclic amines) is 1. The number of Topliss-reactive ketones (excluding diaryl/α,β-unsaturated/α-hetero) is 1. The number of hydrogen-bond donors (Lipinski definition) is 0. The van der Waals surface area contributed by atoms with Crippen molar-refractivity contribution in [1.82, 2.24) is 9.47 Å². The lowest BCUT2D eigenvalue weighted by molar-refractivity contribution is -0.133. The minimum Gasteiger partial charge on any atom is -0.465 e. The molecule has 1 amide bonds. The van der Waals surface area contributed by atoms with Crippen LogP contribution in [0.2, 0.25) is 0 Å². The molecule has 0 spiro atoms. The Morgan fingerprint density at radius 3 is 2.41 bits per heavy atom. The summed E-state index contributed by atoms with van der Waals surface area (Å²) >= 11 is 0. The first-order valence-electron chi connectivity index (χ1n) is 10.9. The van der Waals surface area contributed by atoms with Crippen LogP contribution in [0.3, 0.4) is 0 Å². The van der Waals surface area contributed by atoms with Crippen LogP contribution in [0.1, 0.15) is 44.7 Å². The first-order chi connectivity index (χ1) is 15.4. The van der Waals surface area contributed by atoms with Gasteiger partial charge in [0.1, 0.15) is 6.54 Å². The number of methoxy groups -OCH3 is 1. The molecule has 0 N–H and O–H groups in total. The summed E-state index contributed by atoms with van der Waals surface area (Å²) in [6.07, 6.45) is 3.01. The Labute approximate surface area is 187 Å². The number of piperidine rings is 1. The van der Waals surface area contributed by atoms with Gasteiger partial charge in [0.05, 0.1) is 12.7 Å². The molecule has 0 bridgehead atoms. The number of rotatable bonds is 5. The Bertz CT molecular complexity index is 1190. The molecule has 1 fully saturated rings. The number of esters is 1. The molecule has 166 valence electrons. The summed E-state index contributed by atoms with van der Waals surface area (Å²) in [7, 11) is 1.35. The van der Waals surface area contributed by atoms with Crippen molar-refractivity contribution < 1.29 is 19.1 Å². The van der Waals surface area contributed by atoms with E-state index in [1.54, 1.807) is 10.8 Å². The van der Waals surface area contributed by atoms with E-state index in [2.05, 4.69) is 0 Å². The fourth-order valence-corrected chi connectivity index (χ4v) is 4.60. The molecule has 2 aromatic carbocycles. The number of nitrogens with zero attached hydrogens (tertiary/aromatic N) is 2. The van der Waals surface area contributed by atoms with Crippen molar-refractivity contribution in [2.45, 2.75) is 33.2 Å². The van der Waals surface area contributed by atoms with Gasteiger partial charge in [-0.2, -0.15) is 0 Å². The lowest BCUT2D eigenvalue weighted by Gasteiger charge is -2.31. The minimum atomic E-state index is -0.418. The van der Waals surface area contributed by atoms with Gasteiger partial charge in [0.2, 0.25) is 5.91 Å². The summed E-state index contributed by atoms with van der Waals surface area (Å²) in [5, 5.41) is 0.768. The molecule has 4 rings (SSSR count). The smallest absolute Gasteiger partial charge is 0.340 e. The third kappa shape index (κ3) is 4.17. The Kier molecular flexibility index (Phi) is 6.12. The molecule has 3 aromatic rings. The summed E-state index contributed by atoms with van der Waals surface area (Å²) < 4.78 is 6.69. The van der Waals surface area contributed by atoms with Gasteiger partial charge in [-0.1, -0.05) is 42.0 Å². The molecule has 6 nitrogen and oxygen atoms in total. The van der Waals surface area contributed by atoms with Gasteiger partial charge in [0.25, 0.3) is 0 Å². The molecule has 0 saturated carbocycles. The number of carbonyl (C=O) groups is 3. The maximum absolute atomic E-state index is 13.0. The highest BCUT2D eigenvalue weighted by molar-refractivity contribution is 6.04. The predicted octanol–water partition coefficient (Wildman–Crippen LogP) is 4.17. The van der Waals surface area contributed by atoms with Gasteiger partial charge >= 0.3 is 5.97 Å². The zero-order valence-corrected chi connectivity index (χ0v) is 18.8.